The average molecular weight is 394 g/mol. The molecule has 1 saturated heterocycles. The highest BCUT2D eigenvalue weighted by molar-refractivity contribution is 8.01. The van der Waals surface area contributed by atoms with E-state index in [1.54, 1.807) is 11.8 Å². The van der Waals surface area contributed by atoms with Gasteiger partial charge in [0.05, 0.1) is 5.25 Å². The molecular weight excluding hydrogens is 358 g/mol. The molecule has 5 nitrogen and oxygen atoms in total. The second-order valence-corrected chi connectivity index (χ2v) is 9.72. The van der Waals surface area contributed by atoms with Crippen molar-refractivity contribution in [2.75, 3.05) is 26.2 Å². The fourth-order valence-electron chi connectivity index (χ4n) is 3.63. The number of carbonyl (C=O) groups is 2. The van der Waals surface area contributed by atoms with Crippen LogP contribution in [0.4, 0.5) is 0 Å². The quantitative estimate of drug-likeness (QED) is 0.610. The maximum Gasteiger partial charge on any atom is 0.237 e. The van der Waals surface area contributed by atoms with Crippen molar-refractivity contribution in [3.05, 3.63) is 23.4 Å². The van der Waals surface area contributed by atoms with E-state index in [4.69, 9.17) is 5.73 Å². The lowest BCUT2D eigenvalue weighted by molar-refractivity contribution is -0.130. The van der Waals surface area contributed by atoms with Gasteiger partial charge in [-0.3, -0.25) is 4.79 Å². The molecular formula is C21H35N3O2S. The Kier molecular flexibility index (Phi) is 7.98. The molecule has 1 heterocycles. The lowest BCUT2D eigenvalue weighted by Crippen LogP contribution is -2.39. The van der Waals surface area contributed by atoms with E-state index in [0.717, 1.165) is 45.2 Å². The minimum atomic E-state index is -0.263. The van der Waals surface area contributed by atoms with Crippen LogP contribution in [0, 0.1) is 5.41 Å². The molecule has 0 aromatic carbocycles. The van der Waals surface area contributed by atoms with Gasteiger partial charge in [0.25, 0.3) is 0 Å². The van der Waals surface area contributed by atoms with E-state index in [1.807, 2.05) is 4.90 Å². The van der Waals surface area contributed by atoms with E-state index < -0.39 is 0 Å². The summed E-state index contributed by atoms with van der Waals surface area (Å²) in [7, 11) is 0. The number of nitrogens with zero attached hydrogens (tertiary/aromatic N) is 2. The Hall–Kier alpha value is -1.27. The summed E-state index contributed by atoms with van der Waals surface area (Å²) in [5.74, 6) is 0.106. The van der Waals surface area contributed by atoms with Crippen LogP contribution < -0.4 is 5.73 Å². The first-order valence-electron chi connectivity index (χ1n) is 10.1. The predicted molar refractivity (Wildman–Crippen MR) is 113 cm³/mol. The van der Waals surface area contributed by atoms with Crippen molar-refractivity contribution in [3.8, 4) is 0 Å². The third kappa shape index (κ3) is 5.61. The average Bonchev–Trinajstić information content (AvgIpc) is 2.93. The van der Waals surface area contributed by atoms with Crippen LogP contribution in [0.1, 0.15) is 53.4 Å². The molecule has 2 rings (SSSR count). The molecule has 0 saturated carbocycles. The molecule has 0 aromatic heterocycles. The van der Waals surface area contributed by atoms with Crippen molar-refractivity contribution in [1.29, 1.82) is 0 Å². The van der Waals surface area contributed by atoms with Crippen LogP contribution in [0.5, 0.6) is 0 Å². The Labute approximate surface area is 168 Å². The fraction of sp³-hybridized carbons (Fsp3) is 0.714. The van der Waals surface area contributed by atoms with E-state index in [-0.39, 0.29) is 21.9 Å². The molecule has 0 radical (unpaired) electrons. The number of thioether (sulfide) groups is 1. The molecule has 1 fully saturated rings. The monoisotopic (exact) mass is 393 g/mol. The van der Waals surface area contributed by atoms with Crippen molar-refractivity contribution in [1.82, 2.24) is 9.80 Å². The molecule has 2 aliphatic rings. The summed E-state index contributed by atoms with van der Waals surface area (Å²) in [6.45, 7) is 11.8. The third-order valence-electron chi connectivity index (χ3n) is 5.15. The maximum absolute atomic E-state index is 13.0. The predicted octanol–water partition coefficient (Wildman–Crippen LogP) is 3.17. The molecule has 1 aliphatic heterocycles. The van der Waals surface area contributed by atoms with Crippen LogP contribution in [0.15, 0.2) is 23.4 Å². The molecule has 1 amide bonds. The number of aldehydes is 1. The number of hydrogen-bond donors (Lipinski definition) is 1. The molecule has 0 spiro atoms. The van der Waals surface area contributed by atoms with Crippen LogP contribution in [0.2, 0.25) is 0 Å². The second kappa shape index (κ2) is 9.78. The SMILES string of the molecule is CCN(CCN)C1=C(C2SC(CC=O)C(=O)N2CCC(C)(C)C)C=CCC1. The second-order valence-electron chi connectivity index (χ2n) is 8.43. The Morgan fingerprint density at radius 3 is 2.74 bits per heavy atom. The summed E-state index contributed by atoms with van der Waals surface area (Å²) in [6, 6.07) is 0. The number of rotatable bonds is 9. The van der Waals surface area contributed by atoms with Crippen molar-refractivity contribution in [3.63, 3.8) is 0 Å². The highest BCUT2D eigenvalue weighted by Gasteiger charge is 2.42. The summed E-state index contributed by atoms with van der Waals surface area (Å²) in [4.78, 5) is 28.4. The molecule has 2 N–H and O–H groups in total. The standard InChI is InChI=1S/C21H35N3O2S/c1-5-23(14-12-22)17-9-7-6-8-16(17)20-24(13-11-21(2,3)4)19(26)18(27-20)10-15-25/h6,8,15,18,20H,5,7,9-14,22H2,1-4H3. The van der Waals surface area contributed by atoms with Gasteiger partial charge in [0.1, 0.15) is 11.7 Å². The summed E-state index contributed by atoms with van der Waals surface area (Å²) in [5.41, 5.74) is 8.51. The van der Waals surface area contributed by atoms with E-state index >= 15 is 0 Å². The molecule has 2 atom stereocenters. The van der Waals surface area contributed by atoms with Crippen LogP contribution in [0.25, 0.3) is 0 Å². The highest BCUT2D eigenvalue weighted by Crippen LogP contribution is 2.41. The van der Waals surface area contributed by atoms with E-state index in [1.165, 1.54) is 11.3 Å². The summed E-state index contributed by atoms with van der Waals surface area (Å²) in [5, 5.41) is -0.274. The zero-order chi connectivity index (χ0) is 20.0. The molecule has 152 valence electrons. The Morgan fingerprint density at radius 2 is 2.15 bits per heavy atom. The number of nitrogens with two attached hydrogens (primary N) is 1. The highest BCUT2D eigenvalue weighted by atomic mass is 32.2. The minimum absolute atomic E-state index is 0.0109. The van der Waals surface area contributed by atoms with E-state index in [9.17, 15) is 9.59 Å². The smallest absolute Gasteiger partial charge is 0.237 e. The van der Waals surface area contributed by atoms with E-state index in [2.05, 4.69) is 44.7 Å². The molecule has 27 heavy (non-hydrogen) atoms. The van der Waals surface area contributed by atoms with Gasteiger partial charge >= 0.3 is 0 Å². The Morgan fingerprint density at radius 1 is 1.41 bits per heavy atom. The third-order valence-corrected chi connectivity index (χ3v) is 6.64. The molecule has 6 heteroatoms. The minimum Gasteiger partial charge on any atom is -0.374 e. The van der Waals surface area contributed by atoms with Crippen molar-refractivity contribution in [2.24, 2.45) is 11.1 Å². The summed E-state index contributed by atoms with van der Waals surface area (Å²) in [6.07, 6.45) is 8.50. The molecule has 0 bridgehead atoms. The normalized spacial score (nSPS) is 23.3. The van der Waals surface area contributed by atoms with Gasteiger partial charge in [0.15, 0.2) is 0 Å². The largest absolute Gasteiger partial charge is 0.374 e. The van der Waals surface area contributed by atoms with Crippen molar-refractivity contribution >= 4 is 24.0 Å². The summed E-state index contributed by atoms with van der Waals surface area (Å²) >= 11 is 1.64. The van der Waals surface area contributed by atoms with Gasteiger partial charge < -0.3 is 20.3 Å². The Bertz CT molecular complexity index is 595. The topological polar surface area (TPSA) is 66.6 Å². The Balaban J connectivity index is 2.36. The first kappa shape index (κ1) is 22.0. The molecule has 0 aromatic rings. The van der Waals surface area contributed by atoms with Crippen molar-refractivity contribution in [2.45, 2.75) is 64.0 Å². The number of carbonyl (C=O) groups excluding carboxylic acids is 2. The number of likely N-dealkylation sites (N-methyl/N-ethyl adjacent to an activating group) is 1. The first-order valence-corrected chi connectivity index (χ1v) is 11.0. The van der Waals surface area contributed by atoms with Crippen molar-refractivity contribution < 1.29 is 9.59 Å². The zero-order valence-electron chi connectivity index (χ0n) is 17.2. The summed E-state index contributed by atoms with van der Waals surface area (Å²) < 4.78 is 0. The number of hydrogen-bond acceptors (Lipinski definition) is 5. The van der Waals surface area contributed by atoms with Crippen LogP contribution >= 0.6 is 11.8 Å². The van der Waals surface area contributed by atoms with Crippen LogP contribution in [-0.2, 0) is 9.59 Å². The van der Waals surface area contributed by atoms with Gasteiger partial charge in [-0.2, -0.15) is 0 Å². The van der Waals surface area contributed by atoms with Crippen LogP contribution in [0.3, 0.4) is 0 Å². The van der Waals surface area contributed by atoms with Gasteiger partial charge in [-0.1, -0.05) is 32.9 Å². The lowest BCUT2D eigenvalue weighted by Gasteiger charge is -2.34. The van der Waals surface area contributed by atoms with Gasteiger partial charge in [-0.15, -0.1) is 11.8 Å². The lowest BCUT2D eigenvalue weighted by atomic mass is 9.92. The molecule has 1 aliphatic carbocycles. The van der Waals surface area contributed by atoms with Gasteiger partial charge in [0.2, 0.25) is 5.91 Å². The number of allylic oxidation sites excluding steroid dienone is 2. The molecule has 2 unspecified atom stereocenters. The van der Waals surface area contributed by atoms with Gasteiger partial charge in [-0.05, 0) is 31.6 Å². The maximum atomic E-state index is 13.0. The first-order chi connectivity index (χ1) is 12.8. The number of amides is 1. The van der Waals surface area contributed by atoms with Gasteiger partial charge in [0, 0.05) is 43.9 Å². The fourth-order valence-corrected chi connectivity index (χ4v) is 5.10. The zero-order valence-corrected chi connectivity index (χ0v) is 18.1. The van der Waals surface area contributed by atoms with Crippen LogP contribution in [-0.4, -0.2) is 58.8 Å². The van der Waals surface area contributed by atoms with E-state index in [0.29, 0.717) is 13.0 Å². The van der Waals surface area contributed by atoms with Gasteiger partial charge in [-0.25, -0.2) is 0 Å².